The lowest BCUT2D eigenvalue weighted by atomic mass is 9.95. The van der Waals surface area contributed by atoms with Crippen LogP contribution in [0, 0.1) is 11.8 Å². The first-order chi connectivity index (χ1) is 10.2. The van der Waals surface area contributed by atoms with Gasteiger partial charge in [-0.3, -0.25) is 4.79 Å². The van der Waals surface area contributed by atoms with E-state index in [1.807, 2.05) is 17.8 Å². The number of hydrogen-bond donors (Lipinski definition) is 2. The fourth-order valence-corrected chi connectivity index (χ4v) is 4.48. The lowest BCUT2D eigenvalue weighted by molar-refractivity contribution is -0.125. The van der Waals surface area contributed by atoms with Gasteiger partial charge in [0.1, 0.15) is 0 Å². The number of nitrogens with two attached hydrogens (primary N) is 1. The molecule has 122 valence electrons. The van der Waals surface area contributed by atoms with Crippen LogP contribution < -0.4 is 11.1 Å². The maximum absolute atomic E-state index is 12.4. The summed E-state index contributed by atoms with van der Waals surface area (Å²) in [5.41, 5.74) is 5.77. The predicted octanol–water partition coefficient (Wildman–Crippen LogP) is 3.22. The van der Waals surface area contributed by atoms with Crippen LogP contribution in [-0.2, 0) is 4.79 Å². The summed E-state index contributed by atoms with van der Waals surface area (Å²) >= 11 is 1.91. The molecule has 2 saturated carbocycles. The van der Waals surface area contributed by atoms with E-state index in [4.69, 9.17) is 5.73 Å². The average Bonchev–Trinajstić information content (AvgIpc) is 3.10. The van der Waals surface area contributed by atoms with Crippen molar-refractivity contribution in [2.24, 2.45) is 17.6 Å². The predicted molar refractivity (Wildman–Crippen MR) is 94.4 cm³/mol. The summed E-state index contributed by atoms with van der Waals surface area (Å²) in [6, 6.07) is 10.5. The van der Waals surface area contributed by atoms with Crippen molar-refractivity contribution >= 4 is 30.1 Å². The van der Waals surface area contributed by atoms with Crippen molar-refractivity contribution in [3.63, 3.8) is 0 Å². The molecular weight excluding hydrogens is 316 g/mol. The van der Waals surface area contributed by atoms with Gasteiger partial charge in [0.25, 0.3) is 0 Å². The van der Waals surface area contributed by atoms with E-state index < -0.39 is 0 Å². The zero-order valence-electron chi connectivity index (χ0n) is 12.8. The second kappa shape index (κ2) is 7.71. The van der Waals surface area contributed by atoms with Crippen LogP contribution in [0.25, 0.3) is 0 Å². The lowest BCUT2D eigenvalue weighted by Crippen LogP contribution is -2.38. The van der Waals surface area contributed by atoms with Gasteiger partial charge >= 0.3 is 0 Å². The third kappa shape index (κ3) is 4.18. The van der Waals surface area contributed by atoms with Crippen molar-refractivity contribution in [2.75, 3.05) is 13.1 Å². The number of carbonyl (C=O) groups excluding carboxylic acids is 1. The van der Waals surface area contributed by atoms with Crippen molar-refractivity contribution < 1.29 is 4.79 Å². The molecule has 2 aliphatic rings. The minimum atomic E-state index is 0. The van der Waals surface area contributed by atoms with Gasteiger partial charge in [-0.2, -0.15) is 0 Å². The number of thioether (sulfide) groups is 1. The molecule has 3 rings (SSSR count). The molecule has 0 bridgehead atoms. The summed E-state index contributed by atoms with van der Waals surface area (Å²) in [6.45, 7) is 1.43. The second-order valence-corrected chi connectivity index (χ2v) is 7.89. The zero-order valence-corrected chi connectivity index (χ0v) is 14.4. The number of hydrogen-bond acceptors (Lipinski definition) is 3. The third-order valence-electron chi connectivity index (χ3n) is 4.77. The molecule has 0 saturated heterocycles. The quantitative estimate of drug-likeness (QED) is 0.836. The van der Waals surface area contributed by atoms with Crippen LogP contribution in [0.3, 0.4) is 0 Å². The van der Waals surface area contributed by atoms with Crippen LogP contribution in [-0.4, -0.2) is 23.7 Å². The van der Waals surface area contributed by atoms with E-state index in [1.165, 1.54) is 17.7 Å². The topological polar surface area (TPSA) is 55.1 Å². The Balaban J connectivity index is 0.00000176. The SMILES string of the molecule is Cl.NC[C@H]1CCC[C@H]1C(=O)NCC1(Sc2ccccc2)CC1. The minimum Gasteiger partial charge on any atom is -0.354 e. The van der Waals surface area contributed by atoms with E-state index in [2.05, 4.69) is 29.6 Å². The molecule has 5 heteroatoms. The molecule has 0 radical (unpaired) electrons. The Morgan fingerprint density at radius 1 is 1.27 bits per heavy atom. The van der Waals surface area contributed by atoms with Crippen molar-refractivity contribution in [1.29, 1.82) is 0 Å². The van der Waals surface area contributed by atoms with Crippen LogP contribution in [0.1, 0.15) is 32.1 Å². The van der Waals surface area contributed by atoms with Gasteiger partial charge in [0.2, 0.25) is 5.91 Å². The van der Waals surface area contributed by atoms with Crippen molar-refractivity contribution in [1.82, 2.24) is 5.32 Å². The molecule has 0 aromatic heterocycles. The Hall–Kier alpha value is -0.710. The van der Waals surface area contributed by atoms with Gasteiger partial charge in [-0.15, -0.1) is 24.2 Å². The molecule has 0 heterocycles. The highest BCUT2D eigenvalue weighted by molar-refractivity contribution is 8.01. The van der Waals surface area contributed by atoms with Crippen molar-refractivity contribution in [3.05, 3.63) is 30.3 Å². The van der Waals surface area contributed by atoms with E-state index in [1.54, 1.807) is 0 Å². The maximum atomic E-state index is 12.4. The summed E-state index contributed by atoms with van der Waals surface area (Å²) in [4.78, 5) is 13.7. The lowest BCUT2D eigenvalue weighted by Gasteiger charge is -2.20. The van der Waals surface area contributed by atoms with Gasteiger partial charge in [-0.25, -0.2) is 0 Å². The van der Waals surface area contributed by atoms with E-state index in [0.29, 0.717) is 12.5 Å². The molecule has 2 fully saturated rings. The Bertz CT molecular complexity index is 493. The first-order valence-electron chi connectivity index (χ1n) is 7.94. The first-order valence-corrected chi connectivity index (χ1v) is 8.76. The van der Waals surface area contributed by atoms with Crippen LogP contribution in [0.2, 0.25) is 0 Å². The summed E-state index contributed by atoms with van der Waals surface area (Å²) in [6.07, 6.45) is 5.64. The molecule has 1 aromatic carbocycles. The van der Waals surface area contributed by atoms with E-state index in [-0.39, 0.29) is 29.0 Å². The summed E-state index contributed by atoms with van der Waals surface area (Å²) in [5.74, 6) is 0.761. The summed E-state index contributed by atoms with van der Waals surface area (Å²) in [5, 5.41) is 3.20. The van der Waals surface area contributed by atoms with Crippen LogP contribution in [0.4, 0.5) is 0 Å². The Morgan fingerprint density at radius 2 is 2.00 bits per heavy atom. The normalized spacial score (nSPS) is 25.3. The molecule has 22 heavy (non-hydrogen) atoms. The van der Waals surface area contributed by atoms with Crippen LogP contribution in [0.15, 0.2) is 35.2 Å². The summed E-state index contributed by atoms with van der Waals surface area (Å²) < 4.78 is 0.230. The number of benzene rings is 1. The van der Waals surface area contributed by atoms with Gasteiger partial charge in [0.15, 0.2) is 0 Å². The van der Waals surface area contributed by atoms with Crippen molar-refractivity contribution in [2.45, 2.75) is 41.7 Å². The largest absolute Gasteiger partial charge is 0.354 e. The highest BCUT2D eigenvalue weighted by atomic mass is 35.5. The van der Waals surface area contributed by atoms with Crippen LogP contribution >= 0.6 is 24.2 Å². The van der Waals surface area contributed by atoms with Gasteiger partial charge in [0.05, 0.1) is 0 Å². The number of amides is 1. The molecule has 0 spiro atoms. The Morgan fingerprint density at radius 3 is 2.64 bits per heavy atom. The molecule has 2 aliphatic carbocycles. The molecule has 0 unspecified atom stereocenters. The maximum Gasteiger partial charge on any atom is 0.223 e. The minimum absolute atomic E-state index is 0. The number of rotatable bonds is 6. The number of halogens is 1. The van der Waals surface area contributed by atoms with Gasteiger partial charge < -0.3 is 11.1 Å². The number of nitrogens with one attached hydrogen (secondary N) is 1. The first kappa shape index (κ1) is 17.6. The highest BCUT2D eigenvalue weighted by Gasteiger charge is 2.44. The Kier molecular flexibility index (Phi) is 6.18. The second-order valence-electron chi connectivity index (χ2n) is 6.35. The van der Waals surface area contributed by atoms with E-state index >= 15 is 0 Å². The summed E-state index contributed by atoms with van der Waals surface area (Å²) in [7, 11) is 0. The standard InChI is InChI=1S/C17H24N2OS.ClH/c18-11-13-5-4-8-15(13)16(20)19-12-17(9-10-17)21-14-6-2-1-3-7-14;/h1-3,6-7,13,15H,4-5,8-12,18H2,(H,19,20);1H/t13-,15-;/m1./s1. The molecule has 0 aliphatic heterocycles. The highest BCUT2D eigenvalue weighted by Crippen LogP contribution is 2.51. The van der Waals surface area contributed by atoms with E-state index in [0.717, 1.165) is 25.8 Å². The monoisotopic (exact) mass is 340 g/mol. The zero-order chi connectivity index (χ0) is 14.7. The molecule has 1 aromatic rings. The van der Waals surface area contributed by atoms with Crippen LogP contribution in [0.5, 0.6) is 0 Å². The van der Waals surface area contributed by atoms with Gasteiger partial charge in [-0.05, 0) is 50.3 Å². The average molecular weight is 341 g/mol. The molecule has 3 N–H and O–H groups in total. The smallest absolute Gasteiger partial charge is 0.223 e. The molecular formula is C17H25ClN2OS. The molecule has 2 atom stereocenters. The third-order valence-corrected chi connectivity index (χ3v) is 6.26. The van der Waals surface area contributed by atoms with Gasteiger partial charge in [-0.1, -0.05) is 24.6 Å². The molecule has 1 amide bonds. The fraction of sp³-hybridized carbons (Fsp3) is 0.588. The van der Waals surface area contributed by atoms with Gasteiger partial charge in [0, 0.05) is 22.1 Å². The fourth-order valence-electron chi connectivity index (χ4n) is 3.24. The van der Waals surface area contributed by atoms with E-state index in [9.17, 15) is 4.79 Å². The number of carbonyl (C=O) groups is 1. The van der Waals surface area contributed by atoms with Crippen molar-refractivity contribution in [3.8, 4) is 0 Å². The molecule has 3 nitrogen and oxygen atoms in total. The Labute approximate surface area is 143 Å².